The maximum Gasteiger partial charge on any atom is 0.308 e. The average Bonchev–Trinajstić information content (AvgIpc) is 2.87. The predicted molar refractivity (Wildman–Crippen MR) is 76.8 cm³/mol. The highest BCUT2D eigenvalue weighted by molar-refractivity contribution is 5.94. The summed E-state index contributed by atoms with van der Waals surface area (Å²) in [5.41, 5.74) is 1.77. The second kappa shape index (κ2) is 6.07. The number of rotatable bonds is 4. The van der Waals surface area contributed by atoms with Crippen LogP contribution in [0.25, 0.3) is 0 Å². The molecule has 4 heteroatoms. The van der Waals surface area contributed by atoms with E-state index in [0.717, 1.165) is 12.8 Å². The van der Waals surface area contributed by atoms with E-state index in [4.69, 9.17) is 5.11 Å². The molecule has 0 bridgehead atoms. The van der Waals surface area contributed by atoms with Crippen LogP contribution in [-0.4, -0.2) is 23.0 Å². The topological polar surface area (TPSA) is 66.4 Å². The Morgan fingerprint density at radius 2 is 1.85 bits per heavy atom. The van der Waals surface area contributed by atoms with Crippen LogP contribution >= 0.6 is 0 Å². The largest absolute Gasteiger partial charge is 0.481 e. The van der Waals surface area contributed by atoms with Gasteiger partial charge < -0.3 is 10.4 Å². The highest BCUT2D eigenvalue weighted by Gasteiger charge is 2.33. The molecule has 20 heavy (non-hydrogen) atoms. The number of carbonyl (C=O) groups is 2. The van der Waals surface area contributed by atoms with Crippen molar-refractivity contribution >= 4 is 11.9 Å². The normalized spacial score (nSPS) is 21.9. The third-order valence-electron chi connectivity index (χ3n) is 3.99. The van der Waals surface area contributed by atoms with Crippen LogP contribution in [0.4, 0.5) is 0 Å². The molecular weight excluding hydrogens is 254 g/mol. The van der Waals surface area contributed by atoms with Crippen molar-refractivity contribution in [1.82, 2.24) is 5.32 Å². The van der Waals surface area contributed by atoms with Crippen molar-refractivity contribution in [1.29, 1.82) is 0 Å². The summed E-state index contributed by atoms with van der Waals surface area (Å²) < 4.78 is 0. The van der Waals surface area contributed by atoms with E-state index in [1.54, 1.807) is 12.1 Å². The van der Waals surface area contributed by atoms with Crippen molar-refractivity contribution < 1.29 is 14.7 Å². The van der Waals surface area contributed by atoms with Crippen molar-refractivity contribution in [2.24, 2.45) is 5.92 Å². The molecule has 1 aliphatic carbocycles. The van der Waals surface area contributed by atoms with Gasteiger partial charge in [-0.3, -0.25) is 9.59 Å². The molecule has 1 amide bonds. The number of hydrogen-bond donors (Lipinski definition) is 2. The summed E-state index contributed by atoms with van der Waals surface area (Å²) in [4.78, 5) is 23.2. The number of aliphatic carboxylic acids is 1. The molecule has 2 N–H and O–H groups in total. The predicted octanol–water partition coefficient (Wildman–Crippen LogP) is 2.79. The zero-order chi connectivity index (χ0) is 14.7. The molecule has 0 aromatic heterocycles. The van der Waals surface area contributed by atoms with E-state index in [1.807, 2.05) is 12.1 Å². The van der Waals surface area contributed by atoms with Gasteiger partial charge >= 0.3 is 5.97 Å². The van der Waals surface area contributed by atoms with Gasteiger partial charge in [0.05, 0.1) is 5.92 Å². The van der Waals surface area contributed by atoms with Gasteiger partial charge in [0, 0.05) is 11.6 Å². The smallest absolute Gasteiger partial charge is 0.308 e. The van der Waals surface area contributed by atoms with Crippen LogP contribution in [0.1, 0.15) is 54.9 Å². The number of nitrogens with one attached hydrogen (secondary N) is 1. The van der Waals surface area contributed by atoms with Gasteiger partial charge in [0.25, 0.3) is 5.91 Å². The van der Waals surface area contributed by atoms with Crippen molar-refractivity contribution in [3.8, 4) is 0 Å². The van der Waals surface area contributed by atoms with Gasteiger partial charge in [0.15, 0.2) is 0 Å². The summed E-state index contributed by atoms with van der Waals surface area (Å²) in [6, 6.07) is 7.25. The standard InChI is InChI=1S/C16H21NO3/c1-10(2)11-6-8-12(9-7-11)15(18)17-14-5-3-4-13(14)16(19)20/h6-10,13-14H,3-5H2,1-2H3,(H,17,18)(H,19,20). The first-order chi connectivity index (χ1) is 9.49. The van der Waals surface area contributed by atoms with Crippen LogP contribution in [0, 0.1) is 5.92 Å². The lowest BCUT2D eigenvalue weighted by Crippen LogP contribution is -2.40. The highest BCUT2D eigenvalue weighted by atomic mass is 16.4. The summed E-state index contributed by atoms with van der Waals surface area (Å²) in [6.45, 7) is 4.20. The Morgan fingerprint density at radius 1 is 1.20 bits per heavy atom. The summed E-state index contributed by atoms with van der Waals surface area (Å²) in [6.07, 6.45) is 2.24. The Balaban J connectivity index is 2.02. The molecular formula is C16H21NO3. The summed E-state index contributed by atoms with van der Waals surface area (Å²) in [7, 11) is 0. The molecule has 1 saturated carbocycles. The second-order valence-electron chi connectivity index (χ2n) is 5.73. The fourth-order valence-corrected chi connectivity index (χ4v) is 2.70. The minimum atomic E-state index is -0.817. The Hall–Kier alpha value is -1.84. The van der Waals surface area contributed by atoms with Gasteiger partial charge in [-0.05, 0) is 36.5 Å². The van der Waals surface area contributed by atoms with Gasteiger partial charge in [0.2, 0.25) is 0 Å². The summed E-state index contributed by atoms with van der Waals surface area (Å²) >= 11 is 0. The van der Waals surface area contributed by atoms with Crippen LogP contribution in [0.3, 0.4) is 0 Å². The van der Waals surface area contributed by atoms with E-state index in [-0.39, 0.29) is 11.9 Å². The van der Waals surface area contributed by atoms with E-state index in [2.05, 4.69) is 19.2 Å². The van der Waals surface area contributed by atoms with Crippen LogP contribution in [0.5, 0.6) is 0 Å². The highest BCUT2D eigenvalue weighted by Crippen LogP contribution is 2.26. The first-order valence-electron chi connectivity index (χ1n) is 7.12. The fourth-order valence-electron chi connectivity index (χ4n) is 2.70. The van der Waals surface area contributed by atoms with Crippen molar-refractivity contribution in [2.75, 3.05) is 0 Å². The lowest BCUT2D eigenvalue weighted by Gasteiger charge is -2.17. The lowest BCUT2D eigenvalue weighted by atomic mass is 10.0. The summed E-state index contributed by atoms with van der Waals surface area (Å²) in [5.74, 6) is -1.02. The minimum Gasteiger partial charge on any atom is -0.481 e. The van der Waals surface area contributed by atoms with E-state index in [0.29, 0.717) is 17.9 Å². The molecule has 4 nitrogen and oxygen atoms in total. The zero-order valence-corrected chi connectivity index (χ0v) is 11.9. The van der Waals surface area contributed by atoms with Crippen LogP contribution in [0.2, 0.25) is 0 Å². The van der Waals surface area contributed by atoms with Crippen molar-refractivity contribution in [3.05, 3.63) is 35.4 Å². The quantitative estimate of drug-likeness (QED) is 0.888. The van der Waals surface area contributed by atoms with Gasteiger partial charge in [0.1, 0.15) is 0 Å². The molecule has 0 heterocycles. The first kappa shape index (κ1) is 14.6. The Bertz CT molecular complexity index is 493. The van der Waals surface area contributed by atoms with Crippen LogP contribution in [-0.2, 0) is 4.79 Å². The van der Waals surface area contributed by atoms with E-state index in [1.165, 1.54) is 5.56 Å². The Kier molecular flexibility index (Phi) is 4.42. The second-order valence-corrected chi connectivity index (χ2v) is 5.73. The molecule has 2 unspecified atom stereocenters. The molecule has 0 saturated heterocycles. The minimum absolute atomic E-state index is 0.182. The third kappa shape index (κ3) is 3.18. The number of amides is 1. The average molecular weight is 275 g/mol. The van der Waals surface area contributed by atoms with E-state index in [9.17, 15) is 9.59 Å². The van der Waals surface area contributed by atoms with Gasteiger partial charge in [-0.15, -0.1) is 0 Å². The maximum absolute atomic E-state index is 12.1. The monoisotopic (exact) mass is 275 g/mol. The maximum atomic E-state index is 12.1. The number of carboxylic acid groups (broad SMARTS) is 1. The third-order valence-corrected chi connectivity index (χ3v) is 3.99. The van der Waals surface area contributed by atoms with Crippen LogP contribution in [0.15, 0.2) is 24.3 Å². The van der Waals surface area contributed by atoms with Crippen molar-refractivity contribution in [3.63, 3.8) is 0 Å². The molecule has 1 aromatic rings. The lowest BCUT2D eigenvalue weighted by molar-refractivity contribution is -0.142. The Labute approximate surface area is 119 Å². The number of carboxylic acids is 1. The molecule has 108 valence electrons. The molecule has 2 atom stereocenters. The molecule has 0 aliphatic heterocycles. The molecule has 0 spiro atoms. The van der Waals surface area contributed by atoms with E-state index < -0.39 is 11.9 Å². The van der Waals surface area contributed by atoms with Gasteiger partial charge in [-0.2, -0.15) is 0 Å². The van der Waals surface area contributed by atoms with Gasteiger partial charge in [-0.1, -0.05) is 32.4 Å². The van der Waals surface area contributed by atoms with Crippen molar-refractivity contribution in [2.45, 2.75) is 45.1 Å². The fraction of sp³-hybridized carbons (Fsp3) is 0.500. The van der Waals surface area contributed by atoms with Gasteiger partial charge in [-0.25, -0.2) is 0 Å². The molecule has 2 rings (SSSR count). The summed E-state index contributed by atoms with van der Waals surface area (Å²) in [5, 5.41) is 12.0. The molecule has 1 fully saturated rings. The number of hydrogen-bond acceptors (Lipinski definition) is 2. The van der Waals surface area contributed by atoms with E-state index >= 15 is 0 Å². The number of carbonyl (C=O) groups excluding carboxylic acids is 1. The number of benzene rings is 1. The molecule has 1 aliphatic rings. The molecule has 1 aromatic carbocycles. The zero-order valence-electron chi connectivity index (χ0n) is 11.9. The SMILES string of the molecule is CC(C)c1ccc(C(=O)NC2CCCC2C(=O)O)cc1. The van der Waals surface area contributed by atoms with Crippen LogP contribution < -0.4 is 5.32 Å². The molecule has 0 radical (unpaired) electrons. The Morgan fingerprint density at radius 3 is 2.40 bits per heavy atom. The first-order valence-corrected chi connectivity index (χ1v) is 7.12.